The summed E-state index contributed by atoms with van der Waals surface area (Å²) in [5.74, 6) is 1.73. The quantitative estimate of drug-likeness (QED) is 0.180. The smallest absolute Gasteiger partial charge is 0.138 e. The van der Waals surface area contributed by atoms with E-state index in [1.165, 1.54) is 21.5 Å². The van der Waals surface area contributed by atoms with E-state index in [0.29, 0.717) is 0 Å². The van der Waals surface area contributed by atoms with Crippen molar-refractivity contribution in [1.82, 2.24) is 38.2 Å². The van der Waals surface area contributed by atoms with Gasteiger partial charge in [0.25, 0.3) is 0 Å². The Morgan fingerprint density at radius 1 is 0.276 bits per heavy atom. The lowest BCUT2D eigenvalue weighted by molar-refractivity contribution is 1.07. The zero-order chi connectivity index (χ0) is 37.9. The first-order chi connectivity index (χ1) is 28.8. The van der Waals surface area contributed by atoms with E-state index in [1.807, 2.05) is 37.2 Å². The molecule has 0 fully saturated rings. The van der Waals surface area contributed by atoms with Gasteiger partial charge in [-0.05, 0) is 72.8 Å². The topological polar surface area (TPSA) is 71.3 Å². The van der Waals surface area contributed by atoms with Crippen LogP contribution in [0.15, 0.2) is 183 Å². The molecule has 8 heteroatoms. The highest BCUT2D eigenvalue weighted by atomic mass is 15.1. The van der Waals surface area contributed by atoms with Crippen molar-refractivity contribution in [2.45, 2.75) is 0 Å². The van der Waals surface area contributed by atoms with E-state index in [-0.39, 0.29) is 0 Å². The molecular formula is C50H30N8. The largest absolute Gasteiger partial charge is 0.308 e. The SMILES string of the molecule is c1ccc2c(c1)c1cc(-n3c4ccccc4c4ccncc43)ncc1n2-c1ccc(-n2c3ccccc3c3cc(-n4c5ccccc5c5ccncc54)ncc32)cc1. The molecule has 0 radical (unpaired) electrons. The van der Waals surface area contributed by atoms with Crippen molar-refractivity contribution in [3.05, 3.63) is 183 Å². The predicted octanol–water partition coefficient (Wildman–Crippen LogP) is 11.7. The van der Waals surface area contributed by atoms with Gasteiger partial charge in [0.15, 0.2) is 0 Å². The minimum absolute atomic E-state index is 0.864. The number of nitrogens with zero attached hydrogens (tertiary/aromatic N) is 8. The van der Waals surface area contributed by atoms with Gasteiger partial charge < -0.3 is 9.13 Å². The van der Waals surface area contributed by atoms with Crippen molar-refractivity contribution < 1.29 is 0 Å². The van der Waals surface area contributed by atoms with Crippen LogP contribution in [-0.4, -0.2) is 38.2 Å². The number of aromatic nitrogens is 8. The van der Waals surface area contributed by atoms with Gasteiger partial charge in [-0.2, -0.15) is 0 Å². The molecule has 0 aliphatic carbocycles. The average Bonchev–Trinajstić information content (AvgIpc) is 4.01. The maximum atomic E-state index is 5.11. The van der Waals surface area contributed by atoms with Gasteiger partial charge in [-0.25, -0.2) is 9.97 Å². The van der Waals surface area contributed by atoms with Gasteiger partial charge in [-0.15, -0.1) is 0 Å². The molecule has 0 saturated carbocycles. The Kier molecular flexibility index (Phi) is 6.29. The molecule has 8 nitrogen and oxygen atoms in total. The number of pyridine rings is 4. The fourth-order valence-corrected chi connectivity index (χ4v) is 9.40. The van der Waals surface area contributed by atoms with E-state index in [1.54, 1.807) is 0 Å². The summed E-state index contributed by atoms with van der Waals surface area (Å²) >= 11 is 0. The molecule has 8 aromatic heterocycles. The highest BCUT2D eigenvalue weighted by Crippen LogP contribution is 2.38. The third-order valence-electron chi connectivity index (χ3n) is 11.9. The predicted molar refractivity (Wildman–Crippen MR) is 235 cm³/mol. The van der Waals surface area contributed by atoms with E-state index >= 15 is 0 Å². The molecule has 58 heavy (non-hydrogen) atoms. The van der Waals surface area contributed by atoms with Crippen molar-refractivity contribution in [1.29, 1.82) is 0 Å². The zero-order valence-corrected chi connectivity index (χ0v) is 30.9. The Bertz CT molecular complexity index is 3450. The molecule has 13 rings (SSSR count). The molecule has 0 N–H and O–H groups in total. The Morgan fingerprint density at radius 3 is 1.02 bits per heavy atom. The molecular weight excluding hydrogens is 713 g/mol. The van der Waals surface area contributed by atoms with Crippen LogP contribution < -0.4 is 0 Å². The molecule has 270 valence electrons. The van der Waals surface area contributed by atoms with Gasteiger partial charge in [-0.3, -0.25) is 19.1 Å². The molecule has 0 aliphatic heterocycles. The third kappa shape index (κ3) is 4.23. The molecule has 0 spiro atoms. The second-order valence-electron chi connectivity index (χ2n) is 14.8. The van der Waals surface area contributed by atoms with Crippen LogP contribution in [0.2, 0.25) is 0 Å². The fourth-order valence-electron chi connectivity index (χ4n) is 9.40. The van der Waals surface area contributed by atoms with Gasteiger partial charge in [0, 0.05) is 66.9 Å². The molecule has 0 bridgehead atoms. The van der Waals surface area contributed by atoms with Crippen molar-refractivity contribution in [3.63, 3.8) is 0 Å². The maximum absolute atomic E-state index is 5.11. The summed E-state index contributed by atoms with van der Waals surface area (Å²) in [6, 6.07) is 51.6. The van der Waals surface area contributed by atoms with E-state index in [9.17, 15) is 0 Å². The highest BCUT2D eigenvalue weighted by molar-refractivity contribution is 6.13. The van der Waals surface area contributed by atoms with Crippen LogP contribution in [0.5, 0.6) is 0 Å². The van der Waals surface area contributed by atoms with Crippen molar-refractivity contribution >= 4 is 87.2 Å². The lowest BCUT2D eigenvalue weighted by Crippen LogP contribution is -2.00. The Hall–Kier alpha value is -8.10. The van der Waals surface area contributed by atoms with Crippen molar-refractivity contribution in [2.24, 2.45) is 0 Å². The van der Waals surface area contributed by atoms with Crippen LogP contribution >= 0.6 is 0 Å². The minimum Gasteiger partial charge on any atom is -0.308 e. The number of fused-ring (bicyclic) bond motifs is 12. The second kappa shape index (κ2) is 11.7. The first-order valence-corrected chi connectivity index (χ1v) is 19.4. The van der Waals surface area contributed by atoms with Gasteiger partial charge in [0.2, 0.25) is 0 Å². The average molecular weight is 743 g/mol. The van der Waals surface area contributed by atoms with Gasteiger partial charge in [-0.1, -0.05) is 72.8 Å². The summed E-state index contributed by atoms with van der Waals surface area (Å²) in [6.45, 7) is 0. The van der Waals surface area contributed by atoms with Crippen LogP contribution in [0.4, 0.5) is 0 Å². The summed E-state index contributed by atoms with van der Waals surface area (Å²) in [6.07, 6.45) is 11.6. The Balaban J connectivity index is 0.958. The first kappa shape index (κ1) is 31.1. The molecule has 0 atom stereocenters. The number of hydrogen-bond acceptors (Lipinski definition) is 4. The third-order valence-corrected chi connectivity index (χ3v) is 11.9. The first-order valence-electron chi connectivity index (χ1n) is 19.4. The van der Waals surface area contributed by atoms with Crippen LogP contribution in [-0.2, 0) is 0 Å². The Morgan fingerprint density at radius 2 is 0.603 bits per heavy atom. The van der Waals surface area contributed by atoms with Gasteiger partial charge >= 0.3 is 0 Å². The molecule has 0 saturated heterocycles. The number of hydrogen-bond donors (Lipinski definition) is 0. The monoisotopic (exact) mass is 742 g/mol. The standard InChI is InChI=1S/C50H30N8/c1-7-15-43-33(9-1)37-21-23-51-27-45(37)57(43)49-25-39-35-11-3-5-13-41(35)55(47(39)29-53-49)31-17-19-32(20-18-31)56-42-14-6-4-12-36(42)40-26-50(54-30-48(40)56)58-44-16-8-2-10-34(44)38-22-24-52-28-46(38)58/h1-30H. The van der Waals surface area contributed by atoms with Crippen LogP contribution in [0.3, 0.4) is 0 Å². The summed E-state index contributed by atoms with van der Waals surface area (Å²) in [5.41, 5.74) is 10.8. The summed E-state index contributed by atoms with van der Waals surface area (Å²) in [7, 11) is 0. The van der Waals surface area contributed by atoms with Crippen LogP contribution in [0.1, 0.15) is 0 Å². The van der Waals surface area contributed by atoms with E-state index in [2.05, 4.69) is 174 Å². The van der Waals surface area contributed by atoms with Crippen molar-refractivity contribution in [3.8, 4) is 23.0 Å². The molecule has 8 heterocycles. The number of para-hydroxylation sites is 4. The van der Waals surface area contributed by atoms with E-state index in [4.69, 9.17) is 9.97 Å². The molecule has 0 amide bonds. The molecule has 0 aliphatic rings. The fraction of sp³-hybridized carbons (Fsp3) is 0. The van der Waals surface area contributed by atoms with E-state index in [0.717, 1.165) is 88.7 Å². The van der Waals surface area contributed by atoms with Gasteiger partial charge in [0.1, 0.15) is 11.6 Å². The number of benzene rings is 5. The minimum atomic E-state index is 0.864. The lowest BCUT2D eigenvalue weighted by atomic mass is 10.2. The summed E-state index contributed by atoms with van der Waals surface area (Å²) in [4.78, 5) is 19.2. The zero-order valence-electron chi connectivity index (χ0n) is 30.9. The summed E-state index contributed by atoms with van der Waals surface area (Å²) < 4.78 is 9.08. The van der Waals surface area contributed by atoms with Crippen LogP contribution in [0, 0.1) is 0 Å². The second-order valence-corrected chi connectivity index (χ2v) is 14.8. The molecule has 0 unspecified atom stereocenters. The van der Waals surface area contributed by atoms with E-state index < -0.39 is 0 Å². The van der Waals surface area contributed by atoms with Crippen molar-refractivity contribution in [2.75, 3.05) is 0 Å². The van der Waals surface area contributed by atoms with Crippen LogP contribution in [0.25, 0.3) is 110 Å². The Labute approximate surface area is 330 Å². The molecule has 5 aromatic carbocycles. The van der Waals surface area contributed by atoms with Gasteiger partial charge in [0.05, 0.1) is 68.9 Å². The normalized spacial score (nSPS) is 12.1. The number of rotatable bonds is 4. The highest BCUT2D eigenvalue weighted by Gasteiger charge is 2.20. The lowest BCUT2D eigenvalue weighted by Gasteiger charge is -2.12. The summed E-state index contributed by atoms with van der Waals surface area (Å²) in [5, 5.41) is 9.32. The molecule has 13 aromatic rings. The maximum Gasteiger partial charge on any atom is 0.138 e.